The third-order valence-corrected chi connectivity index (χ3v) is 5.11. The average molecular weight is 424 g/mol. The van der Waals surface area contributed by atoms with Crippen LogP contribution in [0.5, 0.6) is 5.75 Å². The minimum absolute atomic E-state index is 0.126. The van der Waals surface area contributed by atoms with Crippen molar-refractivity contribution in [3.8, 4) is 5.75 Å². The predicted octanol–water partition coefficient (Wildman–Crippen LogP) is 2.60. The van der Waals surface area contributed by atoms with Gasteiger partial charge in [0.25, 0.3) is 5.91 Å². The summed E-state index contributed by atoms with van der Waals surface area (Å²) in [7, 11) is 0. The summed E-state index contributed by atoms with van der Waals surface area (Å²) in [5.41, 5.74) is 1.07. The van der Waals surface area contributed by atoms with Crippen molar-refractivity contribution in [2.24, 2.45) is 0 Å². The molecule has 4 rings (SSSR count). The average Bonchev–Trinajstić information content (AvgIpc) is 3.43. The van der Waals surface area contributed by atoms with Crippen LogP contribution in [0.2, 0.25) is 0 Å². The highest BCUT2D eigenvalue weighted by molar-refractivity contribution is 5.96. The van der Waals surface area contributed by atoms with Gasteiger partial charge in [-0.2, -0.15) is 0 Å². The minimum atomic E-state index is -0.495. The van der Waals surface area contributed by atoms with Crippen LogP contribution in [0.3, 0.4) is 0 Å². The number of nitrogens with one attached hydrogen (secondary N) is 1. The Bertz CT molecular complexity index is 1080. The normalized spacial score (nSPS) is 15.8. The summed E-state index contributed by atoms with van der Waals surface area (Å²) in [5, 5.41) is 12.0. The van der Waals surface area contributed by atoms with Gasteiger partial charge in [-0.25, -0.2) is 9.37 Å². The first-order chi connectivity index (χ1) is 15.0. The fourth-order valence-corrected chi connectivity index (χ4v) is 3.60. The zero-order chi connectivity index (χ0) is 21.8. The Morgan fingerprint density at radius 1 is 1.23 bits per heavy atom. The number of oxazole rings is 1. The van der Waals surface area contributed by atoms with Gasteiger partial charge in [0.15, 0.2) is 0 Å². The topological polar surface area (TPSA) is 109 Å². The van der Waals surface area contributed by atoms with Crippen LogP contribution in [-0.2, 0) is 11.2 Å². The third kappa shape index (κ3) is 4.88. The molecule has 0 spiro atoms. The molecule has 160 valence electrons. The van der Waals surface area contributed by atoms with E-state index in [1.807, 2.05) is 0 Å². The maximum atomic E-state index is 13.1. The molecule has 8 nitrogen and oxygen atoms in total. The summed E-state index contributed by atoms with van der Waals surface area (Å²) in [6.45, 7) is 0.358. The molecule has 1 aromatic carbocycles. The summed E-state index contributed by atoms with van der Waals surface area (Å²) >= 11 is 0. The zero-order valence-corrected chi connectivity index (χ0v) is 16.6. The monoisotopic (exact) mass is 424 g/mol. The fraction of sp³-hybridized carbons (Fsp3) is 0.273. The number of rotatable bonds is 6. The first-order valence-electron chi connectivity index (χ1n) is 9.90. The van der Waals surface area contributed by atoms with E-state index in [-0.39, 0.29) is 35.6 Å². The number of aromatic nitrogens is 2. The molecule has 3 heterocycles. The van der Waals surface area contributed by atoms with E-state index in [2.05, 4.69) is 15.3 Å². The molecule has 2 amide bonds. The van der Waals surface area contributed by atoms with Gasteiger partial charge in [0, 0.05) is 19.2 Å². The Balaban J connectivity index is 1.37. The van der Waals surface area contributed by atoms with Gasteiger partial charge in [0.05, 0.1) is 24.5 Å². The smallest absolute Gasteiger partial charge is 0.253 e. The largest absolute Gasteiger partial charge is 0.506 e. The number of carbonyl (C=O) groups is 2. The van der Waals surface area contributed by atoms with E-state index in [4.69, 9.17) is 4.42 Å². The molecule has 1 aliphatic rings. The van der Waals surface area contributed by atoms with Crippen LogP contribution in [0.15, 0.2) is 53.3 Å². The summed E-state index contributed by atoms with van der Waals surface area (Å²) in [5.74, 6) is -0.0852. The highest BCUT2D eigenvalue weighted by Crippen LogP contribution is 2.31. The second kappa shape index (κ2) is 8.95. The van der Waals surface area contributed by atoms with Gasteiger partial charge in [0.2, 0.25) is 11.8 Å². The number of amides is 2. The number of nitrogens with zero attached hydrogens (tertiary/aromatic N) is 3. The van der Waals surface area contributed by atoms with Crippen LogP contribution in [-0.4, -0.2) is 44.9 Å². The summed E-state index contributed by atoms with van der Waals surface area (Å²) < 4.78 is 18.9. The van der Waals surface area contributed by atoms with Gasteiger partial charge >= 0.3 is 0 Å². The van der Waals surface area contributed by atoms with E-state index in [1.165, 1.54) is 30.6 Å². The van der Waals surface area contributed by atoms with Gasteiger partial charge in [-0.05, 0) is 36.6 Å². The lowest BCUT2D eigenvalue weighted by molar-refractivity contribution is -0.131. The number of carbonyl (C=O) groups excluding carboxylic acids is 2. The van der Waals surface area contributed by atoms with E-state index in [9.17, 15) is 19.1 Å². The first-order valence-corrected chi connectivity index (χ1v) is 9.90. The third-order valence-electron chi connectivity index (χ3n) is 5.11. The van der Waals surface area contributed by atoms with Crippen molar-refractivity contribution in [2.75, 3.05) is 13.1 Å². The number of benzene rings is 1. The van der Waals surface area contributed by atoms with Crippen molar-refractivity contribution in [3.63, 3.8) is 0 Å². The Kier molecular flexibility index (Phi) is 5.92. The molecule has 1 saturated heterocycles. The molecule has 2 N–H and O–H groups in total. The van der Waals surface area contributed by atoms with Crippen molar-refractivity contribution < 1.29 is 23.5 Å². The lowest BCUT2D eigenvalue weighted by Gasteiger charge is -2.22. The standard InChI is InChI=1S/C22H21FN4O4/c23-16-5-3-14(4-6-16)8-18-12-26-22(31-18)19-2-1-7-27(19)20(29)13-25-21(30)15-9-17(28)11-24-10-15/h3-6,9-12,19,28H,1-2,7-8,13H2,(H,25,30). The van der Waals surface area contributed by atoms with Crippen molar-refractivity contribution >= 4 is 11.8 Å². The Morgan fingerprint density at radius 3 is 2.81 bits per heavy atom. The molecule has 31 heavy (non-hydrogen) atoms. The minimum Gasteiger partial charge on any atom is -0.506 e. The van der Waals surface area contributed by atoms with E-state index in [0.29, 0.717) is 31.0 Å². The van der Waals surface area contributed by atoms with Gasteiger partial charge in [-0.3, -0.25) is 14.6 Å². The molecule has 0 saturated carbocycles. The maximum Gasteiger partial charge on any atom is 0.253 e. The number of hydrogen-bond acceptors (Lipinski definition) is 6. The highest BCUT2D eigenvalue weighted by atomic mass is 19.1. The van der Waals surface area contributed by atoms with Crippen LogP contribution < -0.4 is 5.32 Å². The number of likely N-dealkylation sites (tertiary alicyclic amines) is 1. The van der Waals surface area contributed by atoms with E-state index in [1.54, 1.807) is 23.2 Å². The number of aromatic hydroxyl groups is 1. The van der Waals surface area contributed by atoms with E-state index in [0.717, 1.165) is 12.0 Å². The van der Waals surface area contributed by atoms with Crippen LogP contribution in [0.25, 0.3) is 0 Å². The fourth-order valence-electron chi connectivity index (χ4n) is 3.60. The van der Waals surface area contributed by atoms with Crippen molar-refractivity contribution in [2.45, 2.75) is 25.3 Å². The Labute approximate surface area is 177 Å². The molecule has 1 fully saturated rings. The van der Waals surface area contributed by atoms with Gasteiger partial charge in [-0.1, -0.05) is 12.1 Å². The second-order valence-corrected chi connectivity index (χ2v) is 7.33. The molecule has 9 heteroatoms. The van der Waals surface area contributed by atoms with Crippen LogP contribution in [0, 0.1) is 5.82 Å². The molecule has 0 bridgehead atoms. The van der Waals surface area contributed by atoms with Crippen LogP contribution >= 0.6 is 0 Å². The van der Waals surface area contributed by atoms with Gasteiger partial charge in [0.1, 0.15) is 23.4 Å². The molecule has 3 aromatic rings. The molecule has 1 unspecified atom stereocenters. The van der Waals surface area contributed by atoms with Crippen molar-refractivity contribution in [1.82, 2.24) is 20.2 Å². The van der Waals surface area contributed by atoms with Crippen LogP contribution in [0.4, 0.5) is 4.39 Å². The number of hydrogen-bond donors (Lipinski definition) is 2. The predicted molar refractivity (Wildman–Crippen MR) is 108 cm³/mol. The quantitative estimate of drug-likeness (QED) is 0.630. The first kappa shape index (κ1) is 20.5. The lowest BCUT2D eigenvalue weighted by Crippen LogP contribution is -2.40. The van der Waals surface area contributed by atoms with Gasteiger partial charge in [-0.15, -0.1) is 0 Å². The van der Waals surface area contributed by atoms with E-state index < -0.39 is 5.91 Å². The Morgan fingerprint density at radius 2 is 2.03 bits per heavy atom. The van der Waals surface area contributed by atoms with E-state index >= 15 is 0 Å². The molecule has 1 atom stereocenters. The molecular formula is C22H21FN4O4. The maximum absolute atomic E-state index is 13.1. The molecule has 0 aliphatic carbocycles. The molecule has 2 aromatic heterocycles. The van der Waals surface area contributed by atoms with Gasteiger partial charge < -0.3 is 19.7 Å². The van der Waals surface area contributed by atoms with Crippen molar-refractivity contribution in [1.29, 1.82) is 0 Å². The zero-order valence-electron chi connectivity index (χ0n) is 16.6. The summed E-state index contributed by atoms with van der Waals surface area (Å²) in [6, 6.07) is 7.15. The second-order valence-electron chi connectivity index (χ2n) is 7.33. The molecule has 1 aliphatic heterocycles. The van der Waals surface area contributed by atoms with Crippen LogP contribution in [0.1, 0.15) is 46.5 Å². The van der Waals surface area contributed by atoms with Crippen molar-refractivity contribution in [3.05, 3.63) is 77.5 Å². The Hall–Kier alpha value is -3.75. The number of pyridine rings is 1. The highest BCUT2D eigenvalue weighted by Gasteiger charge is 2.33. The number of halogens is 1. The summed E-state index contributed by atoms with van der Waals surface area (Å²) in [6.07, 6.45) is 6.15. The molecular weight excluding hydrogens is 403 g/mol. The SMILES string of the molecule is O=C(NCC(=O)N1CCCC1c1ncc(Cc2ccc(F)cc2)o1)c1cncc(O)c1. The molecule has 0 radical (unpaired) electrons. The lowest BCUT2D eigenvalue weighted by atomic mass is 10.1. The summed E-state index contributed by atoms with van der Waals surface area (Å²) in [4.78, 5) is 34.6.